The average Bonchev–Trinajstić information content (AvgIpc) is 2.57. The van der Waals surface area contributed by atoms with E-state index in [4.69, 9.17) is 17.3 Å². The Kier molecular flexibility index (Phi) is 5.43. The zero-order chi connectivity index (χ0) is 14.6. The molecule has 1 unspecified atom stereocenters. The summed E-state index contributed by atoms with van der Waals surface area (Å²) in [5, 5.41) is 0.693. The lowest BCUT2D eigenvalue weighted by atomic mass is 10.0. The van der Waals surface area contributed by atoms with E-state index >= 15 is 0 Å². The van der Waals surface area contributed by atoms with Crippen LogP contribution in [0.5, 0.6) is 0 Å². The molecule has 0 aliphatic carbocycles. The van der Waals surface area contributed by atoms with Crippen LogP contribution in [0, 0.1) is 0 Å². The van der Waals surface area contributed by atoms with Crippen LogP contribution < -0.4 is 5.73 Å². The minimum absolute atomic E-state index is 0.0615. The molecular weight excluding hydrogens is 296 g/mol. The van der Waals surface area contributed by atoms with Gasteiger partial charge in [-0.25, -0.2) is 8.42 Å². The monoisotopic (exact) mass is 316 g/mol. The van der Waals surface area contributed by atoms with Crippen molar-refractivity contribution in [2.75, 3.05) is 31.1 Å². The Hall–Kier alpha value is -0.620. The molecule has 0 bridgehead atoms. The Morgan fingerprint density at radius 3 is 2.85 bits per heavy atom. The summed E-state index contributed by atoms with van der Waals surface area (Å²) in [5.74, 6) is 0.573. The van der Waals surface area contributed by atoms with E-state index in [1.165, 1.54) is 0 Å². The van der Waals surface area contributed by atoms with Gasteiger partial charge in [0.2, 0.25) is 0 Å². The van der Waals surface area contributed by atoms with Gasteiger partial charge < -0.3 is 10.6 Å². The van der Waals surface area contributed by atoms with Crippen molar-refractivity contribution in [1.82, 2.24) is 4.90 Å². The van der Waals surface area contributed by atoms with E-state index in [0.29, 0.717) is 17.3 Å². The Morgan fingerprint density at radius 2 is 2.10 bits per heavy atom. The van der Waals surface area contributed by atoms with Crippen LogP contribution in [0.25, 0.3) is 0 Å². The van der Waals surface area contributed by atoms with E-state index < -0.39 is 9.84 Å². The van der Waals surface area contributed by atoms with Crippen LogP contribution in [0.4, 0.5) is 0 Å². The highest BCUT2D eigenvalue weighted by molar-refractivity contribution is 7.91. The summed E-state index contributed by atoms with van der Waals surface area (Å²) in [6, 6.07) is 7.53. The Bertz CT molecular complexity index is 548. The number of sulfone groups is 1. The summed E-state index contributed by atoms with van der Waals surface area (Å²) in [7, 11) is -2.84. The molecule has 1 aliphatic rings. The number of nitrogens with zero attached hydrogens (tertiary/aromatic N) is 1. The lowest BCUT2D eigenvalue weighted by molar-refractivity contribution is 0.283. The normalized spacial score (nSPS) is 21.3. The van der Waals surface area contributed by atoms with Crippen LogP contribution in [-0.2, 0) is 9.84 Å². The standard InChI is InChI=1S/C14H21ClN2O2S/c15-13-4-1-3-12(11-13)14(16)5-7-17-6-2-9-20(18,19)10-8-17/h1,3-4,11,14H,2,5-10,16H2. The van der Waals surface area contributed by atoms with Gasteiger partial charge in [-0.05, 0) is 43.6 Å². The molecular formula is C14H21ClN2O2S. The fourth-order valence-corrected chi connectivity index (χ4v) is 3.95. The first-order valence-electron chi connectivity index (χ1n) is 6.90. The molecule has 0 spiro atoms. The molecule has 1 heterocycles. The number of halogens is 1. The topological polar surface area (TPSA) is 63.4 Å². The van der Waals surface area contributed by atoms with Crippen molar-refractivity contribution >= 4 is 21.4 Å². The maximum atomic E-state index is 11.5. The van der Waals surface area contributed by atoms with Crippen LogP contribution in [0.1, 0.15) is 24.4 Å². The molecule has 1 aliphatic heterocycles. The van der Waals surface area contributed by atoms with E-state index in [0.717, 1.165) is 31.5 Å². The first-order chi connectivity index (χ1) is 9.46. The smallest absolute Gasteiger partial charge is 0.151 e. The van der Waals surface area contributed by atoms with Crippen LogP contribution >= 0.6 is 11.6 Å². The molecule has 20 heavy (non-hydrogen) atoms. The zero-order valence-electron chi connectivity index (χ0n) is 11.5. The summed E-state index contributed by atoms with van der Waals surface area (Å²) >= 11 is 5.96. The highest BCUT2D eigenvalue weighted by atomic mass is 35.5. The molecule has 6 heteroatoms. The fourth-order valence-electron chi connectivity index (χ4n) is 2.44. The van der Waals surface area contributed by atoms with Crippen LogP contribution in [-0.4, -0.2) is 44.5 Å². The predicted octanol–water partition coefficient (Wildman–Crippen LogP) is 1.85. The average molecular weight is 317 g/mol. The third kappa shape index (κ3) is 4.74. The van der Waals surface area contributed by atoms with Crippen molar-refractivity contribution in [3.8, 4) is 0 Å². The van der Waals surface area contributed by atoms with Gasteiger partial charge in [0.1, 0.15) is 0 Å². The Morgan fingerprint density at radius 1 is 1.30 bits per heavy atom. The maximum Gasteiger partial charge on any atom is 0.151 e. The van der Waals surface area contributed by atoms with E-state index in [1.54, 1.807) is 0 Å². The third-order valence-corrected chi connectivity index (χ3v) is 5.63. The summed E-state index contributed by atoms with van der Waals surface area (Å²) in [6.07, 6.45) is 1.52. The summed E-state index contributed by atoms with van der Waals surface area (Å²) in [4.78, 5) is 2.19. The van der Waals surface area contributed by atoms with Gasteiger partial charge in [-0.2, -0.15) is 0 Å². The van der Waals surface area contributed by atoms with Crippen LogP contribution in [0.15, 0.2) is 24.3 Å². The Labute approximate surface area is 125 Å². The lowest BCUT2D eigenvalue weighted by Gasteiger charge is -2.21. The minimum Gasteiger partial charge on any atom is -0.324 e. The molecule has 2 rings (SSSR count). The second-order valence-corrected chi connectivity index (χ2v) is 8.04. The van der Waals surface area contributed by atoms with Crippen molar-refractivity contribution in [3.05, 3.63) is 34.9 Å². The SMILES string of the molecule is NC(CCN1CCCS(=O)(=O)CC1)c1cccc(Cl)c1. The Balaban J connectivity index is 1.86. The number of nitrogens with two attached hydrogens (primary N) is 1. The van der Waals surface area contributed by atoms with Crippen LogP contribution in [0.3, 0.4) is 0 Å². The highest BCUT2D eigenvalue weighted by Crippen LogP contribution is 2.19. The van der Waals surface area contributed by atoms with E-state index in [2.05, 4.69) is 4.90 Å². The van der Waals surface area contributed by atoms with Gasteiger partial charge in [0.05, 0.1) is 11.5 Å². The van der Waals surface area contributed by atoms with Crippen molar-refractivity contribution in [3.63, 3.8) is 0 Å². The summed E-state index contributed by atoms with van der Waals surface area (Å²) < 4.78 is 23.1. The van der Waals surface area contributed by atoms with E-state index in [1.807, 2.05) is 24.3 Å². The van der Waals surface area contributed by atoms with Gasteiger partial charge in [-0.3, -0.25) is 0 Å². The summed E-state index contributed by atoms with van der Waals surface area (Å²) in [5.41, 5.74) is 7.20. The molecule has 4 nitrogen and oxygen atoms in total. The molecule has 1 saturated heterocycles. The predicted molar refractivity (Wildman–Crippen MR) is 82.7 cm³/mol. The summed E-state index contributed by atoms with van der Waals surface area (Å²) in [6.45, 7) is 2.27. The maximum absolute atomic E-state index is 11.5. The molecule has 1 fully saturated rings. The van der Waals surface area contributed by atoms with Gasteiger partial charge >= 0.3 is 0 Å². The van der Waals surface area contributed by atoms with Gasteiger partial charge in [0.25, 0.3) is 0 Å². The first kappa shape index (κ1) is 15.8. The largest absolute Gasteiger partial charge is 0.324 e. The van der Waals surface area contributed by atoms with Crippen molar-refractivity contribution in [1.29, 1.82) is 0 Å². The highest BCUT2D eigenvalue weighted by Gasteiger charge is 2.19. The molecule has 1 aromatic carbocycles. The van der Waals surface area contributed by atoms with Gasteiger partial charge in [0.15, 0.2) is 9.84 Å². The second kappa shape index (κ2) is 6.89. The molecule has 0 saturated carbocycles. The molecule has 0 aromatic heterocycles. The second-order valence-electron chi connectivity index (χ2n) is 5.30. The lowest BCUT2D eigenvalue weighted by Crippen LogP contribution is -2.30. The number of rotatable bonds is 4. The molecule has 2 N–H and O–H groups in total. The minimum atomic E-state index is -2.84. The number of benzene rings is 1. The van der Waals surface area contributed by atoms with Crippen LogP contribution in [0.2, 0.25) is 5.02 Å². The number of hydrogen-bond acceptors (Lipinski definition) is 4. The van der Waals surface area contributed by atoms with Crippen molar-refractivity contribution in [2.24, 2.45) is 5.73 Å². The van der Waals surface area contributed by atoms with Gasteiger partial charge in [-0.1, -0.05) is 23.7 Å². The number of hydrogen-bond donors (Lipinski definition) is 1. The molecule has 0 radical (unpaired) electrons. The quantitative estimate of drug-likeness (QED) is 0.921. The molecule has 0 amide bonds. The molecule has 1 atom stereocenters. The molecule has 1 aromatic rings. The van der Waals surface area contributed by atoms with Gasteiger partial charge in [0, 0.05) is 17.6 Å². The van der Waals surface area contributed by atoms with Gasteiger partial charge in [-0.15, -0.1) is 0 Å². The van der Waals surface area contributed by atoms with E-state index in [9.17, 15) is 8.42 Å². The van der Waals surface area contributed by atoms with Crippen molar-refractivity contribution in [2.45, 2.75) is 18.9 Å². The van der Waals surface area contributed by atoms with Crippen molar-refractivity contribution < 1.29 is 8.42 Å². The fraction of sp³-hybridized carbons (Fsp3) is 0.571. The molecule has 112 valence electrons. The first-order valence-corrected chi connectivity index (χ1v) is 9.10. The van der Waals surface area contributed by atoms with E-state index in [-0.39, 0.29) is 11.8 Å². The zero-order valence-corrected chi connectivity index (χ0v) is 13.0. The third-order valence-electron chi connectivity index (χ3n) is 3.68.